The molecular formula is C19H21N5O2. The number of aromatic nitrogens is 3. The number of hydrogen-bond donors (Lipinski definition) is 3. The van der Waals surface area contributed by atoms with Crippen molar-refractivity contribution in [3.63, 3.8) is 0 Å². The van der Waals surface area contributed by atoms with Gasteiger partial charge in [-0.3, -0.25) is 14.7 Å². The van der Waals surface area contributed by atoms with Gasteiger partial charge >= 0.3 is 0 Å². The zero-order chi connectivity index (χ0) is 18.1. The minimum absolute atomic E-state index is 0.0784. The highest BCUT2D eigenvalue weighted by Gasteiger charge is 2.30. The molecular weight excluding hydrogens is 330 g/mol. The fourth-order valence-corrected chi connectivity index (χ4v) is 3.73. The summed E-state index contributed by atoms with van der Waals surface area (Å²) in [5.41, 5.74) is 8.29. The molecule has 4 N–H and O–H groups in total. The molecule has 1 aliphatic rings. The van der Waals surface area contributed by atoms with Gasteiger partial charge in [0.25, 0.3) is 5.91 Å². The van der Waals surface area contributed by atoms with Crippen LogP contribution in [0.5, 0.6) is 0 Å². The van der Waals surface area contributed by atoms with E-state index in [0.717, 1.165) is 41.4 Å². The van der Waals surface area contributed by atoms with Gasteiger partial charge < -0.3 is 15.6 Å². The molecule has 1 aromatic carbocycles. The predicted molar refractivity (Wildman–Crippen MR) is 97.4 cm³/mol. The molecule has 3 aromatic rings. The summed E-state index contributed by atoms with van der Waals surface area (Å²) < 4.78 is 0. The lowest BCUT2D eigenvalue weighted by molar-refractivity contribution is -0.134. The van der Waals surface area contributed by atoms with Crippen LogP contribution in [0.1, 0.15) is 47.1 Å². The lowest BCUT2D eigenvalue weighted by atomic mass is 9.98. The Kier molecular flexibility index (Phi) is 4.20. The van der Waals surface area contributed by atoms with Gasteiger partial charge in [0.05, 0.1) is 18.2 Å². The number of benzene rings is 1. The van der Waals surface area contributed by atoms with E-state index in [0.29, 0.717) is 13.0 Å². The molecule has 26 heavy (non-hydrogen) atoms. The highest BCUT2D eigenvalue weighted by Crippen LogP contribution is 2.31. The number of amides is 2. The van der Waals surface area contributed by atoms with E-state index in [9.17, 15) is 9.59 Å². The molecule has 2 amide bonds. The normalized spacial score (nSPS) is 17.5. The largest absolute Gasteiger partial charge is 0.364 e. The average Bonchev–Trinajstić information content (AvgIpc) is 3.30. The summed E-state index contributed by atoms with van der Waals surface area (Å²) in [6.45, 7) is 0.705. The third kappa shape index (κ3) is 2.96. The molecule has 0 saturated carbocycles. The van der Waals surface area contributed by atoms with Gasteiger partial charge in [0.15, 0.2) is 0 Å². The zero-order valence-electron chi connectivity index (χ0n) is 14.4. The second-order valence-electron chi connectivity index (χ2n) is 6.71. The Bertz CT molecular complexity index is 958. The van der Waals surface area contributed by atoms with E-state index < -0.39 is 5.91 Å². The lowest BCUT2D eigenvalue weighted by Gasteiger charge is -2.35. The Labute approximate surface area is 150 Å². The third-order valence-corrected chi connectivity index (χ3v) is 5.05. The number of piperidine rings is 1. The van der Waals surface area contributed by atoms with E-state index in [-0.39, 0.29) is 17.6 Å². The Morgan fingerprint density at radius 1 is 1.27 bits per heavy atom. The Balaban J connectivity index is 1.57. The Morgan fingerprint density at radius 3 is 2.92 bits per heavy atom. The van der Waals surface area contributed by atoms with Crippen LogP contribution in [0, 0.1) is 0 Å². The van der Waals surface area contributed by atoms with Crippen molar-refractivity contribution in [1.82, 2.24) is 20.1 Å². The van der Waals surface area contributed by atoms with Crippen LogP contribution >= 0.6 is 0 Å². The monoisotopic (exact) mass is 351 g/mol. The molecule has 3 heterocycles. The van der Waals surface area contributed by atoms with Gasteiger partial charge in [0.1, 0.15) is 5.69 Å². The molecule has 1 atom stereocenters. The minimum atomic E-state index is -0.569. The maximum atomic E-state index is 13.0. The SMILES string of the molecule is NC(=O)c1cc(C2CCCCN2C(=O)Cc2c[nH]c3ccccc23)[nH]n1. The molecule has 0 spiro atoms. The highest BCUT2D eigenvalue weighted by atomic mass is 16.2. The second-order valence-corrected chi connectivity index (χ2v) is 6.71. The van der Waals surface area contributed by atoms with Crippen LogP contribution in [0.15, 0.2) is 36.5 Å². The number of carbonyl (C=O) groups excluding carboxylic acids is 2. The van der Waals surface area contributed by atoms with Crippen LogP contribution in [0.25, 0.3) is 10.9 Å². The summed E-state index contributed by atoms with van der Waals surface area (Å²) in [5, 5.41) is 7.91. The second kappa shape index (κ2) is 6.67. The first kappa shape index (κ1) is 16.4. The fraction of sp³-hybridized carbons (Fsp3) is 0.316. The highest BCUT2D eigenvalue weighted by molar-refractivity contribution is 5.91. The molecule has 0 aliphatic carbocycles. The zero-order valence-corrected chi connectivity index (χ0v) is 14.4. The molecule has 1 saturated heterocycles. The van der Waals surface area contributed by atoms with Crippen molar-refractivity contribution in [3.8, 4) is 0 Å². The van der Waals surface area contributed by atoms with E-state index in [1.54, 1.807) is 6.07 Å². The van der Waals surface area contributed by atoms with E-state index >= 15 is 0 Å². The van der Waals surface area contributed by atoms with Crippen LogP contribution in [-0.4, -0.2) is 38.4 Å². The standard InChI is InChI=1S/C19H21N5O2/c20-19(26)16-10-15(22-23-16)17-7-3-4-8-24(17)18(25)9-12-11-21-14-6-2-1-5-13(12)14/h1-2,5-6,10-11,17,21H,3-4,7-9H2,(H2,20,26)(H,22,23). The van der Waals surface area contributed by atoms with Gasteiger partial charge in [-0.25, -0.2) is 0 Å². The number of likely N-dealkylation sites (tertiary alicyclic amines) is 1. The average molecular weight is 351 g/mol. The topological polar surface area (TPSA) is 108 Å². The quantitative estimate of drug-likeness (QED) is 0.671. The number of fused-ring (bicyclic) bond motifs is 1. The van der Waals surface area contributed by atoms with Crippen LogP contribution in [-0.2, 0) is 11.2 Å². The van der Waals surface area contributed by atoms with E-state index in [2.05, 4.69) is 15.2 Å². The van der Waals surface area contributed by atoms with Gasteiger partial charge in [0.2, 0.25) is 5.91 Å². The summed E-state index contributed by atoms with van der Waals surface area (Å²) in [7, 11) is 0. The number of aromatic amines is 2. The number of rotatable bonds is 4. The molecule has 0 radical (unpaired) electrons. The number of primary amides is 1. The molecule has 1 fully saturated rings. The summed E-state index contributed by atoms with van der Waals surface area (Å²) in [4.78, 5) is 29.4. The smallest absolute Gasteiger partial charge is 0.269 e. The number of H-pyrrole nitrogens is 2. The van der Waals surface area contributed by atoms with E-state index in [4.69, 9.17) is 5.73 Å². The van der Waals surface area contributed by atoms with Gasteiger partial charge in [-0.1, -0.05) is 18.2 Å². The number of nitrogens with zero attached hydrogens (tertiary/aromatic N) is 2. The summed E-state index contributed by atoms with van der Waals surface area (Å²) in [6.07, 6.45) is 5.11. The van der Waals surface area contributed by atoms with Gasteiger partial charge in [-0.2, -0.15) is 5.10 Å². The molecule has 1 unspecified atom stereocenters. The Hall–Kier alpha value is -3.09. The number of nitrogens with two attached hydrogens (primary N) is 1. The van der Waals surface area contributed by atoms with Crippen LogP contribution in [0.2, 0.25) is 0 Å². The first-order valence-corrected chi connectivity index (χ1v) is 8.83. The Morgan fingerprint density at radius 2 is 2.12 bits per heavy atom. The number of hydrogen-bond acceptors (Lipinski definition) is 3. The predicted octanol–water partition coefficient (Wildman–Crippen LogP) is 2.29. The van der Waals surface area contributed by atoms with Crippen molar-refractivity contribution in [2.75, 3.05) is 6.54 Å². The fourth-order valence-electron chi connectivity index (χ4n) is 3.73. The van der Waals surface area contributed by atoms with Crippen LogP contribution in [0.3, 0.4) is 0 Å². The summed E-state index contributed by atoms with van der Waals surface area (Å²) in [6, 6.07) is 9.54. The molecule has 7 heteroatoms. The van der Waals surface area contributed by atoms with E-state index in [1.165, 1.54) is 0 Å². The summed E-state index contributed by atoms with van der Waals surface area (Å²) >= 11 is 0. The van der Waals surface area contributed by atoms with Crippen molar-refractivity contribution < 1.29 is 9.59 Å². The van der Waals surface area contributed by atoms with Crippen LogP contribution < -0.4 is 5.73 Å². The number of nitrogens with one attached hydrogen (secondary N) is 2. The number of carbonyl (C=O) groups is 2. The minimum Gasteiger partial charge on any atom is -0.364 e. The van der Waals surface area contributed by atoms with Crippen molar-refractivity contribution in [1.29, 1.82) is 0 Å². The van der Waals surface area contributed by atoms with Crippen LogP contribution in [0.4, 0.5) is 0 Å². The lowest BCUT2D eigenvalue weighted by Crippen LogP contribution is -2.39. The van der Waals surface area contributed by atoms with Gasteiger partial charge in [-0.15, -0.1) is 0 Å². The van der Waals surface area contributed by atoms with Gasteiger partial charge in [-0.05, 0) is 37.0 Å². The van der Waals surface area contributed by atoms with Crippen molar-refractivity contribution in [2.24, 2.45) is 5.73 Å². The first-order chi connectivity index (χ1) is 12.6. The van der Waals surface area contributed by atoms with Gasteiger partial charge in [0, 0.05) is 23.6 Å². The molecule has 2 aromatic heterocycles. The van der Waals surface area contributed by atoms with Crippen molar-refractivity contribution in [2.45, 2.75) is 31.7 Å². The molecule has 0 bridgehead atoms. The maximum absolute atomic E-state index is 13.0. The molecule has 1 aliphatic heterocycles. The molecule has 7 nitrogen and oxygen atoms in total. The van der Waals surface area contributed by atoms with E-state index in [1.807, 2.05) is 35.4 Å². The third-order valence-electron chi connectivity index (χ3n) is 5.05. The summed E-state index contributed by atoms with van der Waals surface area (Å²) in [5.74, 6) is -0.491. The van der Waals surface area contributed by atoms with Crippen molar-refractivity contribution >= 4 is 22.7 Å². The number of para-hydroxylation sites is 1. The maximum Gasteiger partial charge on any atom is 0.269 e. The first-order valence-electron chi connectivity index (χ1n) is 8.83. The molecule has 4 rings (SSSR count). The molecule has 134 valence electrons. The van der Waals surface area contributed by atoms with Crippen molar-refractivity contribution in [3.05, 3.63) is 53.5 Å².